The van der Waals surface area contributed by atoms with Crippen molar-refractivity contribution in [1.29, 1.82) is 0 Å². The van der Waals surface area contributed by atoms with Gasteiger partial charge in [0.1, 0.15) is 4.38 Å². The Hall–Kier alpha value is -1.47. The zero-order valence-electron chi connectivity index (χ0n) is 14.8. The molecule has 1 N–H and O–H groups in total. The van der Waals surface area contributed by atoms with Crippen LogP contribution < -0.4 is 5.32 Å². The molecule has 0 aliphatic carbocycles. The minimum absolute atomic E-state index is 0.0413. The van der Waals surface area contributed by atoms with Gasteiger partial charge in [-0.15, -0.1) is 0 Å². The number of benzene rings is 1. The van der Waals surface area contributed by atoms with Gasteiger partial charge in [0.15, 0.2) is 6.61 Å². The SMILES string of the molecule is CC(C)[C@H](C)NC(=O)COC(=O)c1ccccc1CSC1=NCCS1. The molecule has 0 bridgehead atoms. The van der Waals surface area contributed by atoms with Crippen molar-refractivity contribution in [3.63, 3.8) is 0 Å². The van der Waals surface area contributed by atoms with Crippen LogP contribution >= 0.6 is 23.5 Å². The molecule has 1 atom stereocenters. The maximum Gasteiger partial charge on any atom is 0.338 e. The average Bonchev–Trinajstić information content (AvgIpc) is 3.11. The molecular weight excluding hydrogens is 356 g/mol. The Morgan fingerprint density at radius 1 is 1.32 bits per heavy atom. The first-order valence-corrected chi connectivity index (χ1v) is 10.3. The number of rotatable bonds is 7. The summed E-state index contributed by atoms with van der Waals surface area (Å²) in [5.74, 6) is 1.26. The van der Waals surface area contributed by atoms with Gasteiger partial charge in [0, 0.05) is 17.5 Å². The molecule has 2 rings (SSSR count). The summed E-state index contributed by atoms with van der Waals surface area (Å²) in [5.41, 5.74) is 1.40. The monoisotopic (exact) mass is 380 g/mol. The summed E-state index contributed by atoms with van der Waals surface area (Å²) in [5, 5.41) is 2.82. The minimum atomic E-state index is -0.468. The Kier molecular flexibility index (Phi) is 7.84. The van der Waals surface area contributed by atoms with Crippen molar-refractivity contribution in [2.75, 3.05) is 18.9 Å². The molecule has 7 heteroatoms. The van der Waals surface area contributed by atoms with E-state index >= 15 is 0 Å². The number of nitrogens with zero attached hydrogens (tertiary/aromatic N) is 1. The van der Waals surface area contributed by atoms with Crippen molar-refractivity contribution in [3.8, 4) is 0 Å². The lowest BCUT2D eigenvalue weighted by molar-refractivity contribution is -0.125. The first-order chi connectivity index (χ1) is 12.0. The number of amides is 1. The predicted octanol–water partition coefficient (Wildman–Crippen LogP) is 3.34. The van der Waals surface area contributed by atoms with Gasteiger partial charge < -0.3 is 10.1 Å². The Bertz CT molecular complexity index is 647. The van der Waals surface area contributed by atoms with E-state index in [1.165, 1.54) is 0 Å². The van der Waals surface area contributed by atoms with Crippen LogP contribution in [-0.4, -0.2) is 41.2 Å². The largest absolute Gasteiger partial charge is 0.452 e. The quantitative estimate of drug-likeness (QED) is 0.735. The fourth-order valence-corrected chi connectivity index (χ4v) is 4.07. The van der Waals surface area contributed by atoms with Crippen LogP contribution in [0.2, 0.25) is 0 Å². The van der Waals surface area contributed by atoms with Crippen LogP contribution in [0.25, 0.3) is 0 Å². The van der Waals surface area contributed by atoms with E-state index in [2.05, 4.69) is 10.3 Å². The number of nitrogens with one attached hydrogen (secondary N) is 1. The molecule has 1 aliphatic rings. The number of thioether (sulfide) groups is 2. The summed E-state index contributed by atoms with van der Waals surface area (Å²) in [6.45, 7) is 6.58. The number of aliphatic imine (C=N–C) groups is 1. The Morgan fingerprint density at radius 3 is 2.76 bits per heavy atom. The Balaban J connectivity index is 1.89. The highest BCUT2D eigenvalue weighted by Crippen LogP contribution is 2.26. The number of ether oxygens (including phenoxy) is 1. The maximum atomic E-state index is 12.3. The van der Waals surface area contributed by atoms with Crippen molar-refractivity contribution in [2.24, 2.45) is 10.9 Å². The number of hydrogen-bond acceptors (Lipinski definition) is 6. The molecule has 1 aromatic carbocycles. The molecule has 0 fully saturated rings. The molecule has 136 valence electrons. The third-order valence-corrected chi connectivity index (χ3v) is 6.17. The lowest BCUT2D eigenvalue weighted by Crippen LogP contribution is -2.38. The molecule has 0 saturated heterocycles. The lowest BCUT2D eigenvalue weighted by Gasteiger charge is -2.17. The van der Waals surface area contributed by atoms with Crippen molar-refractivity contribution in [2.45, 2.75) is 32.6 Å². The smallest absolute Gasteiger partial charge is 0.338 e. The summed E-state index contributed by atoms with van der Waals surface area (Å²) in [7, 11) is 0. The van der Waals surface area contributed by atoms with Gasteiger partial charge in [-0.1, -0.05) is 55.6 Å². The standard InChI is InChI=1S/C18H24N2O3S2/c1-12(2)13(3)20-16(21)10-23-17(22)15-7-5-4-6-14(15)11-25-18-19-8-9-24-18/h4-7,12-13H,8-11H2,1-3H3,(H,20,21)/t13-/m0/s1. The van der Waals surface area contributed by atoms with Crippen LogP contribution in [0.4, 0.5) is 0 Å². The average molecular weight is 381 g/mol. The van der Waals surface area contributed by atoms with Crippen LogP contribution in [0.3, 0.4) is 0 Å². The zero-order chi connectivity index (χ0) is 18.2. The first kappa shape index (κ1) is 19.8. The third kappa shape index (κ3) is 6.40. The summed E-state index contributed by atoms with van der Waals surface area (Å²) in [4.78, 5) is 28.6. The van der Waals surface area contributed by atoms with Crippen LogP contribution in [0.15, 0.2) is 29.3 Å². The summed E-state index contributed by atoms with van der Waals surface area (Å²) < 4.78 is 6.25. The summed E-state index contributed by atoms with van der Waals surface area (Å²) in [6.07, 6.45) is 0. The molecule has 25 heavy (non-hydrogen) atoms. The molecule has 0 spiro atoms. The second kappa shape index (κ2) is 9.87. The molecule has 0 saturated carbocycles. The van der Waals surface area contributed by atoms with Gasteiger partial charge in [-0.05, 0) is 24.5 Å². The summed E-state index contributed by atoms with van der Waals surface area (Å²) in [6, 6.07) is 7.38. The lowest BCUT2D eigenvalue weighted by atomic mass is 10.1. The minimum Gasteiger partial charge on any atom is -0.452 e. The molecule has 0 radical (unpaired) electrons. The molecule has 1 amide bonds. The van der Waals surface area contributed by atoms with Gasteiger partial charge in [-0.25, -0.2) is 4.79 Å². The van der Waals surface area contributed by atoms with Crippen LogP contribution in [0.1, 0.15) is 36.7 Å². The van der Waals surface area contributed by atoms with Gasteiger partial charge >= 0.3 is 5.97 Å². The van der Waals surface area contributed by atoms with Gasteiger partial charge in [0.05, 0.1) is 12.1 Å². The Labute approximate surface area is 157 Å². The molecule has 0 unspecified atom stereocenters. The normalized spacial score (nSPS) is 15.0. The highest BCUT2D eigenvalue weighted by atomic mass is 32.2. The van der Waals surface area contributed by atoms with Crippen LogP contribution in [0, 0.1) is 5.92 Å². The van der Waals surface area contributed by atoms with E-state index in [9.17, 15) is 9.59 Å². The number of esters is 1. The van der Waals surface area contributed by atoms with Crippen molar-refractivity contribution in [3.05, 3.63) is 35.4 Å². The zero-order valence-corrected chi connectivity index (χ0v) is 16.4. The Morgan fingerprint density at radius 2 is 2.08 bits per heavy atom. The highest BCUT2D eigenvalue weighted by Gasteiger charge is 2.17. The number of hydrogen-bond donors (Lipinski definition) is 1. The van der Waals surface area contributed by atoms with E-state index < -0.39 is 5.97 Å². The fourth-order valence-electron chi connectivity index (χ4n) is 2.06. The van der Waals surface area contributed by atoms with E-state index in [0.717, 1.165) is 22.2 Å². The van der Waals surface area contributed by atoms with Gasteiger partial charge in [0.25, 0.3) is 5.91 Å². The molecule has 1 heterocycles. The van der Waals surface area contributed by atoms with Gasteiger partial charge in [-0.2, -0.15) is 0 Å². The molecule has 5 nitrogen and oxygen atoms in total. The van der Waals surface area contributed by atoms with Crippen molar-refractivity contribution in [1.82, 2.24) is 5.32 Å². The molecule has 1 aliphatic heterocycles. The predicted molar refractivity (Wildman–Crippen MR) is 105 cm³/mol. The number of carbonyl (C=O) groups excluding carboxylic acids is 2. The van der Waals surface area contributed by atoms with Crippen LogP contribution in [0.5, 0.6) is 0 Å². The van der Waals surface area contributed by atoms with E-state index in [0.29, 0.717) is 17.2 Å². The van der Waals surface area contributed by atoms with Gasteiger partial charge in [0.2, 0.25) is 0 Å². The van der Waals surface area contributed by atoms with E-state index in [1.54, 1.807) is 35.7 Å². The maximum absolute atomic E-state index is 12.3. The van der Waals surface area contributed by atoms with E-state index in [4.69, 9.17) is 4.74 Å². The summed E-state index contributed by atoms with van der Waals surface area (Å²) >= 11 is 3.37. The first-order valence-electron chi connectivity index (χ1n) is 8.31. The molecule has 0 aromatic heterocycles. The van der Waals surface area contributed by atoms with E-state index in [1.807, 2.05) is 32.9 Å². The van der Waals surface area contributed by atoms with Gasteiger partial charge in [-0.3, -0.25) is 9.79 Å². The van der Waals surface area contributed by atoms with Crippen molar-refractivity contribution < 1.29 is 14.3 Å². The van der Waals surface area contributed by atoms with Crippen molar-refractivity contribution >= 4 is 39.8 Å². The fraction of sp³-hybridized carbons (Fsp3) is 0.500. The second-order valence-electron chi connectivity index (χ2n) is 6.12. The molecular formula is C18H24N2O3S2. The van der Waals surface area contributed by atoms with E-state index in [-0.39, 0.29) is 18.6 Å². The third-order valence-electron chi connectivity index (χ3n) is 3.87. The number of carbonyl (C=O) groups is 2. The second-order valence-corrected chi connectivity index (χ2v) is 8.42. The molecule has 1 aromatic rings. The highest BCUT2D eigenvalue weighted by molar-refractivity contribution is 8.38. The topological polar surface area (TPSA) is 67.8 Å². The van der Waals surface area contributed by atoms with Crippen LogP contribution in [-0.2, 0) is 15.3 Å².